The SMILES string of the molecule is CCS(=O)(=O)CCN1CCCC(C(C)N)C1.Cl. The molecule has 1 heterocycles. The van der Waals surface area contributed by atoms with Gasteiger partial charge < -0.3 is 10.6 Å². The number of nitrogens with zero attached hydrogens (tertiary/aromatic N) is 1. The van der Waals surface area contributed by atoms with Crippen LogP contribution in [0, 0.1) is 5.92 Å². The van der Waals surface area contributed by atoms with Crippen molar-refractivity contribution in [1.29, 1.82) is 0 Å². The van der Waals surface area contributed by atoms with Crippen LogP contribution >= 0.6 is 12.4 Å². The second-order valence-electron chi connectivity index (χ2n) is 4.80. The molecule has 104 valence electrons. The third-order valence-electron chi connectivity index (χ3n) is 3.44. The van der Waals surface area contributed by atoms with Gasteiger partial charge in [0.25, 0.3) is 0 Å². The lowest BCUT2D eigenvalue weighted by Gasteiger charge is -2.34. The van der Waals surface area contributed by atoms with Crippen LogP contribution in [0.4, 0.5) is 0 Å². The van der Waals surface area contributed by atoms with Crippen molar-refractivity contribution in [3.05, 3.63) is 0 Å². The molecule has 1 fully saturated rings. The number of sulfone groups is 1. The van der Waals surface area contributed by atoms with Gasteiger partial charge in [-0.1, -0.05) is 6.92 Å². The molecule has 0 aliphatic carbocycles. The first-order valence-corrected chi connectivity index (χ1v) is 7.95. The maximum atomic E-state index is 11.4. The summed E-state index contributed by atoms with van der Waals surface area (Å²) in [6.07, 6.45) is 2.31. The Bertz CT molecular complexity index is 307. The van der Waals surface area contributed by atoms with Crippen molar-refractivity contribution in [2.45, 2.75) is 32.7 Å². The van der Waals surface area contributed by atoms with Crippen molar-refractivity contribution in [3.63, 3.8) is 0 Å². The number of halogens is 1. The Kier molecular flexibility index (Phi) is 7.63. The molecule has 1 aliphatic rings. The lowest BCUT2D eigenvalue weighted by Crippen LogP contribution is -2.43. The quantitative estimate of drug-likeness (QED) is 0.815. The minimum Gasteiger partial charge on any atom is -0.328 e. The molecular weight excluding hydrogens is 260 g/mol. The fourth-order valence-electron chi connectivity index (χ4n) is 2.14. The van der Waals surface area contributed by atoms with Crippen molar-refractivity contribution in [3.8, 4) is 0 Å². The largest absolute Gasteiger partial charge is 0.328 e. The van der Waals surface area contributed by atoms with E-state index in [-0.39, 0.29) is 30.0 Å². The van der Waals surface area contributed by atoms with Crippen LogP contribution in [-0.4, -0.2) is 50.5 Å². The molecular formula is C11H25ClN2O2S. The molecule has 1 saturated heterocycles. The molecule has 0 aromatic heterocycles. The van der Waals surface area contributed by atoms with E-state index < -0.39 is 9.84 Å². The number of likely N-dealkylation sites (tertiary alicyclic amines) is 1. The molecule has 0 bridgehead atoms. The molecule has 0 spiro atoms. The van der Waals surface area contributed by atoms with Crippen LogP contribution in [0.15, 0.2) is 0 Å². The second-order valence-corrected chi connectivity index (χ2v) is 7.27. The van der Waals surface area contributed by atoms with Crippen LogP contribution in [0.1, 0.15) is 26.7 Å². The monoisotopic (exact) mass is 284 g/mol. The van der Waals surface area contributed by atoms with Crippen LogP contribution < -0.4 is 5.73 Å². The maximum absolute atomic E-state index is 11.4. The highest BCUT2D eigenvalue weighted by molar-refractivity contribution is 7.91. The lowest BCUT2D eigenvalue weighted by atomic mass is 9.92. The molecule has 0 aromatic rings. The van der Waals surface area contributed by atoms with Crippen LogP contribution in [-0.2, 0) is 9.84 Å². The van der Waals surface area contributed by atoms with E-state index in [9.17, 15) is 8.42 Å². The average molecular weight is 285 g/mol. The molecule has 0 aromatic carbocycles. The van der Waals surface area contributed by atoms with Gasteiger partial charge in [-0.3, -0.25) is 0 Å². The number of piperidine rings is 1. The number of hydrogen-bond acceptors (Lipinski definition) is 4. The van der Waals surface area contributed by atoms with Crippen LogP contribution in [0.25, 0.3) is 0 Å². The molecule has 17 heavy (non-hydrogen) atoms. The van der Waals surface area contributed by atoms with E-state index in [0.717, 1.165) is 19.5 Å². The normalized spacial score (nSPS) is 24.1. The summed E-state index contributed by atoms with van der Waals surface area (Å²) < 4.78 is 22.8. The number of nitrogens with two attached hydrogens (primary N) is 1. The van der Waals surface area contributed by atoms with Crippen molar-refractivity contribution < 1.29 is 8.42 Å². The summed E-state index contributed by atoms with van der Waals surface area (Å²) in [5.41, 5.74) is 5.89. The Morgan fingerprint density at radius 2 is 2.12 bits per heavy atom. The molecule has 4 nitrogen and oxygen atoms in total. The van der Waals surface area contributed by atoms with Gasteiger partial charge in [0.1, 0.15) is 0 Å². The van der Waals surface area contributed by atoms with Gasteiger partial charge in [0, 0.05) is 24.9 Å². The van der Waals surface area contributed by atoms with E-state index in [2.05, 4.69) is 4.90 Å². The molecule has 0 saturated carbocycles. The predicted molar refractivity (Wildman–Crippen MR) is 74.4 cm³/mol. The summed E-state index contributed by atoms with van der Waals surface area (Å²) in [7, 11) is -2.83. The molecule has 6 heteroatoms. The van der Waals surface area contributed by atoms with Crippen molar-refractivity contribution in [2.24, 2.45) is 11.7 Å². The summed E-state index contributed by atoms with van der Waals surface area (Å²) in [6, 6.07) is 0.214. The smallest absolute Gasteiger partial charge is 0.151 e. The molecule has 2 unspecified atom stereocenters. The van der Waals surface area contributed by atoms with E-state index in [1.165, 1.54) is 6.42 Å². The predicted octanol–water partition coefficient (Wildman–Crippen LogP) is 0.902. The number of rotatable bonds is 5. The Morgan fingerprint density at radius 3 is 2.65 bits per heavy atom. The van der Waals surface area contributed by atoms with Gasteiger partial charge >= 0.3 is 0 Å². The highest BCUT2D eigenvalue weighted by Gasteiger charge is 2.23. The Hall–Kier alpha value is 0.160. The summed E-state index contributed by atoms with van der Waals surface area (Å²) in [5, 5.41) is 0. The third kappa shape index (κ3) is 6.04. The second kappa shape index (κ2) is 7.56. The van der Waals surface area contributed by atoms with Crippen LogP contribution in [0.3, 0.4) is 0 Å². The van der Waals surface area contributed by atoms with E-state index in [4.69, 9.17) is 5.73 Å². The highest BCUT2D eigenvalue weighted by atomic mass is 35.5. The summed E-state index contributed by atoms with van der Waals surface area (Å²) >= 11 is 0. The van der Waals surface area contributed by atoms with Gasteiger partial charge in [-0.15, -0.1) is 12.4 Å². The first-order chi connectivity index (χ1) is 7.44. The molecule has 2 atom stereocenters. The van der Waals surface area contributed by atoms with E-state index in [0.29, 0.717) is 12.5 Å². The Morgan fingerprint density at radius 1 is 1.47 bits per heavy atom. The summed E-state index contributed by atoms with van der Waals surface area (Å²) in [6.45, 7) is 6.38. The standard InChI is InChI=1S/C11H24N2O2S.ClH/c1-3-16(14,15)8-7-13-6-4-5-11(9-13)10(2)12;/h10-11H,3-9,12H2,1-2H3;1H. The van der Waals surface area contributed by atoms with E-state index in [1.54, 1.807) is 6.92 Å². The van der Waals surface area contributed by atoms with E-state index in [1.807, 2.05) is 6.92 Å². The van der Waals surface area contributed by atoms with Gasteiger partial charge in [0.2, 0.25) is 0 Å². The minimum absolute atomic E-state index is 0. The molecule has 1 aliphatic heterocycles. The Balaban J connectivity index is 0.00000256. The van der Waals surface area contributed by atoms with Gasteiger partial charge in [-0.25, -0.2) is 8.42 Å². The fraction of sp³-hybridized carbons (Fsp3) is 1.00. The lowest BCUT2D eigenvalue weighted by molar-refractivity contribution is 0.169. The first kappa shape index (κ1) is 17.2. The van der Waals surface area contributed by atoms with Gasteiger partial charge in [0.15, 0.2) is 9.84 Å². The molecule has 0 radical (unpaired) electrons. The van der Waals surface area contributed by atoms with Crippen molar-refractivity contribution in [2.75, 3.05) is 31.1 Å². The average Bonchev–Trinajstić information content (AvgIpc) is 2.27. The maximum Gasteiger partial charge on any atom is 0.151 e. The zero-order valence-electron chi connectivity index (χ0n) is 10.8. The number of hydrogen-bond donors (Lipinski definition) is 1. The van der Waals surface area contributed by atoms with Gasteiger partial charge in [0.05, 0.1) is 5.75 Å². The van der Waals surface area contributed by atoms with Gasteiger partial charge in [-0.2, -0.15) is 0 Å². The zero-order valence-corrected chi connectivity index (χ0v) is 12.4. The van der Waals surface area contributed by atoms with Crippen molar-refractivity contribution in [1.82, 2.24) is 4.90 Å². The fourth-order valence-corrected chi connectivity index (χ4v) is 2.96. The van der Waals surface area contributed by atoms with Crippen molar-refractivity contribution >= 4 is 22.2 Å². The molecule has 1 rings (SSSR count). The van der Waals surface area contributed by atoms with E-state index >= 15 is 0 Å². The van der Waals surface area contributed by atoms with Crippen LogP contribution in [0.2, 0.25) is 0 Å². The summed E-state index contributed by atoms with van der Waals surface area (Å²) in [4.78, 5) is 2.24. The Labute approximate surface area is 111 Å². The summed E-state index contributed by atoms with van der Waals surface area (Å²) in [5.74, 6) is 1.06. The van der Waals surface area contributed by atoms with Gasteiger partial charge in [-0.05, 0) is 32.2 Å². The minimum atomic E-state index is -2.83. The van der Waals surface area contributed by atoms with Crippen LogP contribution in [0.5, 0.6) is 0 Å². The molecule has 2 N–H and O–H groups in total. The first-order valence-electron chi connectivity index (χ1n) is 6.13. The topological polar surface area (TPSA) is 63.4 Å². The molecule has 0 amide bonds. The zero-order chi connectivity index (χ0) is 12.2. The highest BCUT2D eigenvalue weighted by Crippen LogP contribution is 2.18. The third-order valence-corrected chi connectivity index (χ3v) is 5.13.